The van der Waals surface area contributed by atoms with Crippen molar-refractivity contribution in [3.05, 3.63) is 34.7 Å². The minimum Gasteiger partial charge on any atom is -0.396 e. The molecule has 1 heterocycles. The molecule has 0 aliphatic carbocycles. The van der Waals surface area contributed by atoms with Gasteiger partial charge in [0.15, 0.2) is 0 Å². The largest absolute Gasteiger partial charge is 0.396 e. The Bertz CT molecular complexity index is 690. The highest BCUT2D eigenvalue weighted by Crippen LogP contribution is 2.24. The third-order valence-electron chi connectivity index (χ3n) is 4.48. The molecule has 0 bridgehead atoms. The minimum atomic E-state index is -0.296. The van der Waals surface area contributed by atoms with Gasteiger partial charge in [0.1, 0.15) is 6.54 Å². The van der Waals surface area contributed by atoms with E-state index in [1.807, 2.05) is 26.0 Å². The van der Waals surface area contributed by atoms with Crippen molar-refractivity contribution in [2.45, 2.75) is 33.2 Å². The van der Waals surface area contributed by atoms with Crippen LogP contribution in [0.3, 0.4) is 0 Å². The van der Waals surface area contributed by atoms with E-state index in [1.54, 1.807) is 12.1 Å². The zero-order chi connectivity index (χ0) is 16.2. The number of imidazole rings is 1. The number of aromatic nitrogens is 2. The summed E-state index contributed by atoms with van der Waals surface area (Å²) in [7, 11) is 0. The number of hydrogen-bond donors (Lipinski definition) is 3. The minimum absolute atomic E-state index is 0.0300. The molecule has 0 aliphatic heterocycles. The first-order valence-corrected chi connectivity index (χ1v) is 7.60. The summed E-state index contributed by atoms with van der Waals surface area (Å²) < 4.78 is 1.42. The highest BCUT2D eigenvalue weighted by molar-refractivity contribution is 5.80. The van der Waals surface area contributed by atoms with Crippen molar-refractivity contribution in [3.63, 3.8) is 0 Å². The van der Waals surface area contributed by atoms with Crippen LogP contribution < -0.4 is 11.0 Å². The van der Waals surface area contributed by atoms with Gasteiger partial charge >= 0.3 is 5.69 Å². The van der Waals surface area contributed by atoms with Crippen molar-refractivity contribution in [2.75, 3.05) is 13.2 Å². The molecule has 1 amide bonds. The van der Waals surface area contributed by atoms with Crippen LogP contribution in [0.1, 0.15) is 26.7 Å². The summed E-state index contributed by atoms with van der Waals surface area (Å²) in [6.45, 7) is 4.41. The van der Waals surface area contributed by atoms with E-state index in [4.69, 9.17) is 0 Å². The van der Waals surface area contributed by atoms with Crippen molar-refractivity contribution < 1.29 is 9.90 Å². The zero-order valence-corrected chi connectivity index (χ0v) is 13.1. The number of fused-ring (bicyclic) bond motifs is 1. The Hall–Kier alpha value is -2.08. The molecule has 0 spiro atoms. The van der Waals surface area contributed by atoms with Gasteiger partial charge in [-0.2, -0.15) is 0 Å². The van der Waals surface area contributed by atoms with Crippen LogP contribution in [0, 0.1) is 5.41 Å². The SMILES string of the molecule is CCC(CC)(CO)CNC(=O)Cn1c(=O)[nH]c2ccccc21. The molecule has 6 nitrogen and oxygen atoms in total. The van der Waals surface area contributed by atoms with Crippen LogP contribution in [0.25, 0.3) is 11.0 Å². The lowest BCUT2D eigenvalue weighted by atomic mass is 9.83. The van der Waals surface area contributed by atoms with Crippen molar-refractivity contribution >= 4 is 16.9 Å². The second kappa shape index (κ2) is 6.79. The highest BCUT2D eigenvalue weighted by atomic mass is 16.3. The number of nitrogens with one attached hydrogen (secondary N) is 2. The van der Waals surface area contributed by atoms with Crippen LogP contribution in [0.5, 0.6) is 0 Å². The molecule has 0 radical (unpaired) electrons. The third-order valence-corrected chi connectivity index (χ3v) is 4.48. The smallest absolute Gasteiger partial charge is 0.326 e. The molecule has 1 aromatic carbocycles. The molecule has 6 heteroatoms. The standard InChI is InChI=1S/C16H23N3O3/c1-3-16(4-2,11-20)10-17-14(21)9-19-13-8-6-5-7-12(13)18-15(19)22/h5-8,20H,3-4,9-11H2,1-2H3,(H,17,21)(H,18,22). The lowest BCUT2D eigenvalue weighted by Crippen LogP contribution is -2.41. The van der Waals surface area contributed by atoms with Gasteiger partial charge in [-0.15, -0.1) is 0 Å². The first-order chi connectivity index (χ1) is 10.5. The van der Waals surface area contributed by atoms with Gasteiger partial charge in [0.25, 0.3) is 0 Å². The highest BCUT2D eigenvalue weighted by Gasteiger charge is 2.25. The van der Waals surface area contributed by atoms with E-state index in [9.17, 15) is 14.7 Å². The number of carbonyl (C=O) groups excluding carboxylic acids is 1. The molecule has 120 valence electrons. The average Bonchev–Trinajstić information content (AvgIpc) is 2.85. The van der Waals surface area contributed by atoms with Crippen LogP contribution >= 0.6 is 0 Å². The fourth-order valence-corrected chi connectivity index (χ4v) is 2.53. The predicted molar refractivity (Wildman–Crippen MR) is 85.7 cm³/mol. The van der Waals surface area contributed by atoms with Gasteiger partial charge in [0.05, 0.1) is 17.6 Å². The summed E-state index contributed by atoms with van der Waals surface area (Å²) in [5.74, 6) is -0.230. The number of aliphatic hydroxyl groups is 1. The summed E-state index contributed by atoms with van der Waals surface area (Å²) in [5, 5.41) is 12.4. The van der Waals surface area contributed by atoms with E-state index in [-0.39, 0.29) is 30.2 Å². The number of hydrogen-bond acceptors (Lipinski definition) is 3. The maximum atomic E-state index is 12.1. The number of amides is 1. The molecule has 0 fully saturated rings. The van der Waals surface area contributed by atoms with Gasteiger partial charge in [0, 0.05) is 12.0 Å². The van der Waals surface area contributed by atoms with Gasteiger partial charge < -0.3 is 15.4 Å². The zero-order valence-electron chi connectivity index (χ0n) is 13.1. The number of aliphatic hydroxyl groups excluding tert-OH is 1. The van der Waals surface area contributed by atoms with Gasteiger partial charge in [-0.1, -0.05) is 26.0 Å². The van der Waals surface area contributed by atoms with Gasteiger partial charge in [-0.3, -0.25) is 9.36 Å². The third kappa shape index (κ3) is 3.22. The van der Waals surface area contributed by atoms with E-state index >= 15 is 0 Å². The fraction of sp³-hybridized carbons (Fsp3) is 0.500. The molecule has 0 aliphatic rings. The molecular formula is C16H23N3O3. The van der Waals surface area contributed by atoms with Crippen molar-refractivity contribution in [2.24, 2.45) is 5.41 Å². The number of para-hydroxylation sites is 2. The first kappa shape index (κ1) is 16.3. The quantitative estimate of drug-likeness (QED) is 0.719. The molecule has 22 heavy (non-hydrogen) atoms. The fourth-order valence-electron chi connectivity index (χ4n) is 2.53. The van der Waals surface area contributed by atoms with E-state index in [2.05, 4.69) is 10.3 Å². The van der Waals surface area contributed by atoms with E-state index < -0.39 is 0 Å². The van der Waals surface area contributed by atoms with Crippen molar-refractivity contribution in [3.8, 4) is 0 Å². The van der Waals surface area contributed by atoms with Crippen molar-refractivity contribution in [1.29, 1.82) is 0 Å². The molecule has 0 atom stereocenters. The number of H-pyrrole nitrogens is 1. The molecule has 0 unspecified atom stereocenters. The average molecular weight is 305 g/mol. The van der Waals surface area contributed by atoms with Gasteiger partial charge in [0.2, 0.25) is 5.91 Å². The Morgan fingerprint density at radius 3 is 2.64 bits per heavy atom. The first-order valence-electron chi connectivity index (χ1n) is 7.60. The topological polar surface area (TPSA) is 87.1 Å². The lowest BCUT2D eigenvalue weighted by molar-refractivity contribution is -0.122. The number of nitrogens with zero attached hydrogens (tertiary/aromatic N) is 1. The molecule has 2 aromatic rings. The van der Waals surface area contributed by atoms with Crippen LogP contribution in [-0.4, -0.2) is 33.7 Å². The Balaban J connectivity index is 2.08. The van der Waals surface area contributed by atoms with Gasteiger partial charge in [-0.05, 0) is 25.0 Å². The number of carbonyl (C=O) groups is 1. The summed E-state index contributed by atoms with van der Waals surface area (Å²) in [5.41, 5.74) is 0.839. The molecule has 0 saturated carbocycles. The normalized spacial score (nSPS) is 11.8. The van der Waals surface area contributed by atoms with Gasteiger partial charge in [-0.25, -0.2) is 4.79 Å². The van der Waals surface area contributed by atoms with Crippen LogP contribution in [0.15, 0.2) is 29.1 Å². The second-order valence-electron chi connectivity index (χ2n) is 5.68. The van der Waals surface area contributed by atoms with Crippen LogP contribution in [0.4, 0.5) is 0 Å². The summed E-state index contributed by atoms with van der Waals surface area (Å²) in [6, 6.07) is 7.27. The maximum Gasteiger partial charge on any atom is 0.326 e. The molecule has 0 saturated heterocycles. The maximum absolute atomic E-state index is 12.1. The number of benzene rings is 1. The van der Waals surface area contributed by atoms with Crippen LogP contribution in [0.2, 0.25) is 0 Å². The van der Waals surface area contributed by atoms with E-state index in [0.29, 0.717) is 17.6 Å². The van der Waals surface area contributed by atoms with E-state index in [0.717, 1.165) is 12.8 Å². The Labute approximate surface area is 129 Å². The monoisotopic (exact) mass is 305 g/mol. The Morgan fingerprint density at radius 2 is 2.00 bits per heavy atom. The Kier molecular flexibility index (Phi) is 5.03. The number of rotatable bonds is 7. The predicted octanol–water partition coefficient (Wildman–Crippen LogP) is 1.24. The summed E-state index contributed by atoms with van der Waals surface area (Å²) in [6.07, 6.45) is 1.57. The van der Waals surface area contributed by atoms with Crippen LogP contribution in [-0.2, 0) is 11.3 Å². The Morgan fingerprint density at radius 1 is 1.32 bits per heavy atom. The molecule has 1 aromatic heterocycles. The van der Waals surface area contributed by atoms with E-state index in [1.165, 1.54) is 4.57 Å². The molecular weight excluding hydrogens is 282 g/mol. The molecule has 2 rings (SSSR count). The number of aromatic amines is 1. The second-order valence-corrected chi connectivity index (χ2v) is 5.68. The summed E-state index contributed by atoms with van der Waals surface area (Å²) in [4.78, 5) is 26.8. The summed E-state index contributed by atoms with van der Waals surface area (Å²) >= 11 is 0. The lowest BCUT2D eigenvalue weighted by Gasteiger charge is -2.29. The van der Waals surface area contributed by atoms with Crippen molar-refractivity contribution in [1.82, 2.24) is 14.9 Å². The molecule has 3 N–H and O–H groups in total.